The Hall–Kier alpha value is -1.80. The SMILES string of the molecule is CCOc1ccc(C2CC(/N=C(/Nc3ccc(F)c(Cl)c3)SC)NN2)cc1. The number of rotatable bonds is 5. The van der Waals surface area contributed by atoms with Gasteiger partial charge in [0.2, 0.25) is 0 Å². The van der Waals surface area contributed by atoms with Crippen LogP contribution in [-0.2, 0) is 0 Å². The van der Waals surface area contributed by atoms with Crippen molar-refractivity contribution in [2.45, 2.75) is 25.6 Å². The van der Waals surface area contributed by atoms with Gasteiger partial charge in [-0.15, -0.1) is 0 Å². The highest BCUT2D eigenvalue weighted by Crippen LogP contribution is 2.26. The number of halogens is 2. The molecule has 0 amide bonds. The van der Waals surface area contributed by atoms with Crippen LogP contribution in [0.4, 0.5) is 10.1 Å². The van der Waals surface area contributed by atoms with E-state index >= 15 is 0 Å². The van der Waals surface area contributed by atoms with Gasteiger partial charge in [-0.25, -0.2) is 20.2 Å². The van der Waals surface area contributed by atoms with Crippen LogP contribution in [0, 0.1) is 5.82 Å². The van der Waals surface area contributed by atoms with Gasteiger partial charge in [-0.05, 0) is 49.1 Å². The first-order valence-corrected chi connectivity index (χ1v) is 10.3. The Kier molecular flexibility index (Phi) is 6.95. The normalized spacial score (nSPS) is 19.9. The number of aliphatic imine (C=N–C) groups is 1. The third-order valence-electron chi connectivity index (χ3n) is 4.11. The molecule has 0 saturated carbocycles. The second-order valence-corrected chi connectivity index (χ2v) is 7.19. The minimum absolute atomic E-state index is 0.0764. The molecule has 0 spiro atoms. The van der Waals surface area contributed by atoms with Gasteiger partial charge < -0.3 is 10.1 Å². The number of benzene rings is 2. The van der Waals surface area contributed by atoms with E-state index in [4.69, 9.17) is 21.3 Å². The summed E-state index contributed by atoms with van der Waals surface area (Å²) in [5.41, 5.74) is 8.36. The lowest BCUT2D eigenvalue weighted by Gasteiger charge is -2.11. The summed E-state index contributed by atoms with van der Waals surface area (Å²) in [5, 5.41) is 3.98. The number of hydrazine groups is 1. The molecule has 0 aliphatic carbocycles. The van der Waals surface area contributed by atoms with Crippen molar-refractivity contribution in [1.29, 1.82) is 0 Å². The molecule has 27 heavy (non-hydrogen) atoms. The van der Waals surface area contributed by atoms with Gasteiger partial charge >= 0.3 is 0 Å². The number of nitrogens with zero attached hydrogens (tertiary/aromatic N) is 1. The van der Waals surface area contributed by atoms with Crippen molar-refractivity contribution in [3.05, 3.63) is 58.9 Å². The number of hydrogen-bond donors (Lipinski definition) is 3. The van der Waals surface area contributed by atoms with E-state index < -0.39 is 5.82 Å². The van der Waals surface area contributed by atoms with Crippen LogP contribution in [0.2, 0.25) is 5.02 Å². The Bertz CT molecular complexity index is 803. The van der Waals surface area contributed by atoms with Gasteiger partial charge in [0, 0.05) is 18.2 Å². The van der Waals surface area contributed by atoms with Gasteiger partial charge in [-0.3, -0.25) is 0 Å². The van der Waals surface area contributed by atoms with Crippen molar-refractivity contribution in [2.75, 3.05) is 18.2 Å². The minimum atomic E-state index is -0.440. The molecule has 144 valence electrons. The van der Waals surface area contributed by atoms with Crippen molar-refractivity contribution >= 4 is 34.2 Å². The molecule has 2 aromatic rings. The van der Waals surface area contributed by atoms with Crippen LogP contribution in [0.1, 0.15) is 24.9 Å². The zero-order valence-electron chi connectivity index (χ0n) is 15.1. The minimum Gasteiger partial charge on any atom is -0.494 e. The predicted octanol–water partition coefficient (Wildman–Crippen LogP) is 4.57. The Balaban J connectivity index is 1.63. The molecule has 5 nitrogen and oxygen atoms in total. The number of nitrogens with one attached hydrogen (secondary N) is 3. The van der Waals surface area contributed by atoms with Crippen LogP contribution in [0.15, 0.2) is 47.5 Å². The van der Waals surface area contributed by atoms with E-state index in [-0.39, 0.29) is 17.2 Å². The van der Waals surface area contributed by atoms with Gasteiger partial charge in [0.1, 0.15) is 17.7 Å². The van der Waals surface area contributed by atoms with E-state index in [0.29, 0.717) is 12.3 Å². The summed E-state index contributed by atoms with van der Waals surface area (Å²) in [4.78, 5) is 4.70. The molecular formula is C19H22ClFN4OS. The maximum absolute atomic E-state index is 13.3. The van der Waals surface area contributed by atoms with E-state index in [1.807, 2.05) is 25.3 Å². The number of anilines is 1. The average molecular weight is 409 g/mol. The summed E-state index contributed by atoms with van der Waals surface area (Å²) in [5.74, 6) is 0.429. The van der Waals surface area contributed by atoms with Gasteiger partial charge in [-0.1, -0.05) is 35.5 Å². The first kappa shape index (κ1) is 19.9. The van der Waals surface area contributed by atoms with Crippen molar-refractivity contribution in [1.82, 2.24) is 10.9 Å². The maximum atomic E-state index is 13.3. The Labute approximate surface area is 167 Å². The third-order valence-corrected chi connectivity index (χ3v) is 5.00. The standard InChI is InChI=1S/C19H22ClFN4OS/c1-3-26-14-7-4-12(5-8-14)17-11-18(25-24-17)23-19(27-2)22-13-6-9-16(21)15(20)10-13/h4-10,17-18,24-25H,3,11H2,1-2H3,(H,22,23). The summed E-state index contributed by atoms with van der Waals surface area (Å²) < 4.78 is 18.8. The number of thioether (sulfide) groups is 1. The molecular weight excluding hydrogens is 387 g/mol. The Morgan fingerprint density at radius 1 is 1.30 bits per heavy atom. The largest absolute Gasteiger partial charge is 0.494 e. The zero-order chi connectivity index (χ0) is 19.2. The van der Waals surface area contributed by atoms with Crippen LogP contribution < -0.4 is 20.9 Å². The van der Waals surface area contributed by atoms with Crippen LogP contribution in [0.3, 0.4) is 0 Å². The smallest absolute Gasteiger partial charge is 0.162 e. The molecule has 1 fully saturated rings. The molecule has 3 N–H and O–H groups in total. The highest BCUT2D eigenvalue weighted by atomic mass is 35.5. The number of amidine groups is 1. The second kappa shape index (κ2) is 9.41. The van der Waals surface area contributed by atoms with Crippen molar-refractivity contribution in [3.8, 4) is 5.75 Å². The first-order valence-electron chi connectivity index (χ1n) is 8.66. The van der Waals surface area contributed by atoms with E-state index in [1.165, 1.54) is 23.4 Å². The fraction of sp³-hybridized carbons (Fsp3) is 0.316. The van der Waals surface area contributed by atoms with E-state index in [1.54, 1.807) is 12.1 Å². The molecule has 0 aromatic heterocycles. The highest BCUT2D eigenvalue weighted by molar-refractivity contribution is 8.13. The quantitative estimate of drug-likeness (QED) is 0.499. The lowest BCUT2D eigenvalue weighted by Crippen LogP contribution is -2.30. The fourth-order valence-electron chi connectivity index (χ4n) is 2.78. The molecule has 0 radical (unpaired) electrons. The molecule has 8 heteroatoms. The maximum Gasteiger partial charge on any atom is 0.162 e. The summed E-state index contributed by atoms with van der Waals surface area (Å²) in [6.45, 7) is 2.62. The van der Waals surface area contributed by atoms with E-state index in [0.717, 1.165) is 17.3 Å². The lowest BCUT2D eigenvalue weighted by atomic mass is 10.0. The monoisotopic (exact) mass is 408 g/mol. The number of hydrogen-bond acceptors (Lipinski definition) is 5. The molecule has 1 heterocycles. The molecule has 1 saturated heterocycles. The summed E-state index contributed by atoms with van der Waals surface area (Å²) >= 11 is 7.32. The predicted molar refractivity (Wildman–Crippen MR) is 111 cm³/mol. The van der Waals surface area contributed by atoms with Gasteiger partial charge in [0.05, 0.1) is 11.6 Å². The third kappa shape index (κ3) is 5.35. The van der Waals surface area contributed by atoms with Crippen LogP contribution in [-0.4, -0.2) is 24.2 Å². The lowest BCUT2D eigenvalue weighted by molar-refractivity contribution is 0.340. The van der Waals surface area contributed by atoms with Crippen molar-refractivity contribution in [3.63, 3.8) is 0 Å². The van der Waals surface area contributed by atoms with Gasteiger partial charge in [-0.2, -0.15) is 0 Å². The average Bonchev–Trinajstić information content (AvgIpc) is 3.13. The molecule has 2 atom stereocenters. The summed E-state index contributed by atoms with van der Waals surface area (Å²) in [7, 11) is 0. The molecule has 3 rings (SSSR count). The Morgan fingerprint density at radius 2 is 2.07 bits per heavy atom. The van der Waals surface area contributed by atoms with E-state index in [2.05, 4.69) is 28.3 Å². The van der Waals surface area contributed by atoms with Crippen LogP contribution >= 0.6 is 23.4 Å². The van der Waals surface area contributed by atoms with Gasteiger partial charge in [0.25, 0.3) is 0 Å². The molecule has 0 bridgehead atoms. The number of ether oxygens (including phenoxy) is 1. The summed E-state index contributed by atoms with van der Waals surface area (Å²) in [6.07, 6.45) is 2.67. The van der Waals surface area contributed by atoms with Crippen molar-refractivity contribution in [2.24, 2.45) is 4.99 Å². The summed E-state index contributed by atoms with van der Waals surface area (Å²) in [6, 6.07) is 12.8. The molecule has 1 aliphatic heterocycles. The molecule has 2 aromatic carbocycles. The molecule has 1 aliphatic rings. The second-order valence-electron chi connectivity index (χ2n) is 5.99. The van der Waals surface area contributed by atoms with Crippen molar-refractivity contribution < 1.29 is 9.13 Å². The first-order chi connectivity index (χ1) is 13.1. The van der Waals surface area contributed by atoms with Crippen LogP contribution in [0.5, 0.6) is 5.75 Å². The van der Waals surface area contributed by atoms with Gasteiger partial charge in [0.15, 0.2) is 5.17 Å². The molecule has 2 unspecified atom stereocenters. The fourth-order valence-corrected chi connectivity index (χ4v) is 3.41. The Morgan fingerprint density at radius 3 is 2.74 bits per heavy atom. The van der Waals surface area contributed by atoms with Crippen LogP contribution in [0.25, 0.3) is 0 Å². The zero-order valence-corrected chi connectivity index (χ0v) is 16.7. The van der Waals surface area contributed by atoms with E-state index in [9.17, 15) is 4.39 Å². The topological polar surface area (TPSA) is 57.7 Å². The highest BCUT2D eigenvalue weighted by Gasteiger charge is 2.25.